The van der Waals surface area contributed by atoms with E-state index in [1.165, 1.54) is 0 Å². The fourth-order valence-corrected chi connectivity index (χ4v) is 1.15. The summed E-state index contributed by atoms with van der Waals surface area (Å²) < 4.78 is 10.4. The van der Waals surface area contributed by atoms with Gasteiger partial charge in [0.25, 0.3) is 0 Å². The Morgan fingerprint density at radius 3 is 2.70 bits per heavy atom. The Hall–Kier alpha value is -0.120. The molecule has 1 heterocycles. The summed E-state index contributed by atoms with van der Waals surface area (Å²) in [7, 11) is 1.66. The van der Waals surface area contributed by atoms with E-state index in [1.54, 1.807) is 7.11 Å². The van der Waals surface area contributed by atoms with E-state index < -0.39 is 0 Å². The number of hydrogen-bond acceptors (Lipinski definition) is 3. The summed E-state index contributed by atoms with van der Waals surface area (Å²) >= 11 is 0. The number of rotatable bonds is 1. The van der Waals surface area contributed by atoms with E-state index in [0.717, 1.165) is 12.8 Å². The number of nitrogens with two attached hydrogens (primary N) is 1. The molecule has 0 amide bonds. The van der Waals surface area contributed by atoms with Gasteiger partial charge in [-0.25, -0.2) is 0 Å². The van der Waals surface area contributed by atoms with Crippen molar-refractivity contribution in [2.24, 2.45) is 5.73 Å². The van der Waals surface area contributed by atoms with Gasteiger partial charge in [-0.15, -0.1) is 0 Å². The van der Waals surface area contributed by atoms with E-state index in [0.29, 0.717) is 0 Å². The van der Waals surface area contributed by atoms with Crippen LogP contribution in [-0.2, 0) is 9.47 Å². The van der Waals surface area contributed by atoms with Gasteiger partial charge in [0.2, 0.25) is 0 Å². The van der Waals surface area contributed by atoms with Gasteiger partial charge in [0.05, 0.1) is 6.10 Å². The highest BCUT2D eigenvalue weighted by Crippen LogP contribution is 2.17. The number of hydrogen-bond donors (Lipinski definition) is 1. The van der Waals surface area contributed by atoms with E-state index in [4.69, 9.17) is 15.2 Å². The lowest BCUT2D eigenvalue weighted by molar-refractivity contribution is -0.180. The molecule has 1 aliphatic rings. The van der Waals surface area contributed by atoms with Crippen molar-refractivity contribution in [3.8, 4) is 0 Å². The summed E-state index contributed by atoms with van der Waals surface area (Å²) in [5.74, 6) is 0. The van der Waals surface area contributed by atoms with Crippen molar-refractivity contribution < 1.29 is 9.47 Å². The minimum Gasteiger partial charge on any atom is -0.356 e. The van der Waals surface area contributed by atoms with Gasteiger partial charge in [0.1, 0.15) is 0 Å². The summed E-state index contributed by atoms with van der Waals surface area (Å²) in [5, 5.41) is 0. The summed E-state index contributed by atoms with van der Waals surface area (Å²) in [6.07, 6.45) is 2.02. The summed E-state index contributed by atoms with van der Waals surface area (Å²) in [6.45, 7) is 1.98. The fraction of sp³-hybridized carbons (Fsp3) is 1.00. The van der Waals surface area contributed by atoms with Crippen LogP contribution in [-0.4, -0.2) is 25.5 Å². The lowest BCUT2D eigenvalue weighted by Gasteiger charge is -2.31. The second-order valence-corrected chi connectivity index (χ2v) is 2.75. The quantitative estimate of drug-likeness (QED) is 0.584. The van der Waals surface area contributed by atoms with Crippen molar-refractivity contribution in [1.82, 2.24) is 0 Å². The molecule has 1 fully saturated rings. The molecule has 3 unspecified atom stereocenters. The number of ether oxygens (including phenoxy) is 2. The van der Waals surface area contributed by atoms with Crippen LogP contribution in [0, 0.1) is 0 Å². The maximum Gasteiger partial charge on any atom is 0.157 e. The van der Waals surface area contributed by atoms with Crippen molar-refractivity contribution in [2.45, 2.75) is 38.2 Å². The van der Waals surface area contributed by atoms with Gasteiger partial charge >= 0.3 is 0 Å². The van der Waals surface area contributed by atoms with Gasteiger partial charge in [-0.05, 0) is 19.8 Å². The molecule has 3 nitrogen and oxygen atoms in total. The van der Waals surface area contributed by atoms with Crippen molar-refractivity contribution in [2.75, 3.05) is 7.11 Å². The Bertz CT molecular complexity index is 108. The average molecular weight is 145 g/mol. The maximum atomic E-state index is 5.71. The van der Waals surface area contributed by atoms with Crippen LogP contribution in [0.4, 0.5) is 0 Å². The first-order valence-electron chi connectivity index (χ1n) is 3.68. The summed E-state index contributed by atoms with van der Waals surface area (Å²) in [5.41, 5.74) is 5.71. The van der Waals surface area contributed by atoms with E-state index >= 15 is 0 Å². The van der Waals surface area contributed by atoms with E-state index in [-0.39, 0.29) is 18.4 Å². The topological polar surface area (TPSA) is 44.5 Å². The first-order chi connectivity index (χ1) is 4.74. The second-order valence-electron chi connectivity index (χ2n) is 2.75. The summed E-state index contributed by atoms with van der Waals surface area (Å²) in [6, 6.07) is 0.186. The van der Waals surface area contributed by atoms with Crippen molar-refractivity contribution in [1.29, 1.82) is 0 Å². The minimum atomic E-state index is -0.0326. The molecule has 1 saturated heterocycles. The molecule has 0 aliphatic carbocycles. The minimum absolute atomic E-state index is 0.0326. The van der Waals surface area contributed by atoms with Crippen LogP contribution >= 0.6 is 0 Å². The predicted octanol–water partition coefficient (Wildman–Crippen LogP) is 0.485. The lowest BCUT2D eigenvalue weighted by Crippen LogP contribution is -2.42. The van der Waals surface area contributed by atoms with Crippen LogP contribution in [0.2, 0.25) is 0 Å². The molecule has 0 aromatic carbocycles. The van der Waals surface area contributed by atoms with Crippen LogP contribution in [0.1, 0.15) is 19.8 Å². The van der Waals surface area contributed by atoms with Gasteiger partial charge in [0, 0.05) is 13.2 Å². The zero-order valence-electron chi connectivity index (χ0n) is 6.54. The Morgan fingerprint density at radius 1 is 1.50 bits per heavy atom. The van der Waals surface area contributed by atoms with Crippen LogP contribution in [0.25, 0.3) is 0 Å². The highest BCUT2D eigenvalue weighted by Gasteiger charge is 2.24. The van der Waals surface area contributed by atoms with E-state index in [2.05, 4.69) is 0 Å². The highest BCUT2D eigenvalue weighted by atomic mass is 16.7. The molecule has 3 heteroatoms. The first-order valence-corrected chi connectivity index (χ1v) is 3.68. The monoisotopic (exact) mass is 145 g/mol. The third kappa shape index (κ3) is 1.68. The van der Waals surface area contributed by atoms with Crippen molar-refractivity contribution >= 4 is 0 Å². The molecule has 0 aromatic rings. The highest BCUT2D eigenvalue weighted by molar-refractivity contribution is 4.74. The molecule has 3 atom stereocenters. The van der Waals surface area contributed by atoms with Gasteiger partial charge < -0.3 is 15.2 Å². The third-order valence-electron chi connectivity index (χ3n) is 1.97. The molecule has 0 saturated carbocycles. The third-order valence-corrected chi connectivity index (χ3v) is 1.97. The molecule has 10 heavy (non-hydrogen) atoms. The van der Waals surface area contributed by atoms with Gasteiger partial charge in [-0.2, -0.15) is 0 Å². The standard InChI is InChI=1S/C7H15NO2/c1-5-6(8)3-4-7(9-2)10-5/h5-7H,3-4,8H2,1-2H3. The van der Waals surface area contributed by atoms with Gasteiger partial charge in [-0.3, -0.25) is 0 Å². The normalized spacial score (nSPS) is 41.7. The molecule has 1 aliphatic heterocycles. The van der Waals surface area contributed by atoms with Crippen LogP contribution in [0.3, 0.4) is 0 Å². The Balaban J connectivity index is 2.33. The lowest BCUT2D eigenvalue weighted by atomic mass is 10.0. The Kier molecular flexibility index (Phi) is 2.65. The molecular weight excluding hydrogens is 130 g/mol. The van der Waals surface area contributed by atoms with Crippen LogP contribution in [0.15, 0.2) is 0 Å². The molecule has 0 spiro atoms. The van der Waals surface area contributed by atoms with Crippen LogP contribution in [0.5, 0.6) is 0 Å². The zero-order chi connectivity index (χ0) is 7.56. The number of methoxy groups -OCH3 is 1. The van der Waals surface area contributed by atoms with Crippen molar-refractivity contribution in [3.05, 3.63) is 0 Å². The van der Waals surface area contributed by atoms with E-state index in [9.17, 15) is 0 Å². The molecule has 2 N–H and O–H groups in total. The smallest absolute Gasteiger partial charge is 0.157 e. The Labute approximate surface area is 61.5 Å². The zero-order valence-corrected chi connectivity index (χ0v) is 6.54. The van der Waals surface area contributed by atoms with Gasteiger partial charge in [-0.1, -0.05) is 0 Å². The van der Waals surface area contributed by atoms with Crippen molar-refractivity contribution in [3.63, 3.8) is 0 Å². The second kappa shape index (κ2) is 3.32. The molecule has 0 radical (unpaired) electrons. The fourth-order valence-electron chi connectivity index (χ4n) is 1.15. The summed E-state index contributed by atoms with van der Waals surface area (Å²) in [4.78, 5) is 0. The maximum absolute atomic E-state index is 5.71. The molecule has 0 bridgehead atoms. The predicted molar refractivity (Wildman–Crippen MR) is 38.6 cm³/mol. The molecule has 0 aromatic heterocycles. The Morgan fingerprint density at radius 2 is 2.20 bits per heavy atom. The largest absolute Gasteiger partial charge is 0.356 e. The van der Waals surface area contributed by atoms with E-state index in [1.807, 2.05) is 6.92 Å². The van der Waals surface area contributed by atoms with Gasteiger partial charge in [0.15, 0.2) is 6.29 Å². The first kappa shape index (κ1) is 7.98. The average Bonchev–Trinajstić information content (AvgIpc) is 1.95. The van der Waals surface area contributed by atoms with Crippen LogP contribution < -0.4 is 5.73 Å². The molecule has 60 valence electrons. The molecule has 1 rings (SSSR count). The molecular formula is C7H15NO2. The SMILES string of the molecule is COC1CCC(N)C(C)O1.